The Kier molecular flexibility index (Phi) is 17.8. The van der Waals surface area contributed by atoms with Crippen LogP contribution in [-0.4, -0.2) is 88.3 Å². The molecule has 140 valence electrons. The zero-order valence-electron chi connectivity index (χ0n) is 15.0. The van der Waals surface area contributed by atoms with Crippen LogP contribution in [0.25, 0.3) is 0 Å². The fourth-order valence-corrected chi connectivity index (χ4v) is 2.53. The molecule has 0 radical (unpaired) electrons. The van der Waals surface area contributed by atoms with Gasteiger partial charge in [-0.15, -0.1) is 0 Å². The summed E-state index contributed by atoms with van der Waals surface area (Å²) in [4.78, 5) is 4.90. The molecule has 23 heavy (non-hydrogen) atoms. The summed E-state index contributed by atoms with van der Waals surface area (Å²) in [6.45, 7) is 11.4. The van der Waals surface area contributed by atoms with E-state index < -0.39 is 0 Å². The monoisotopic (exact) mass is 331 g/mol. The maximum Gasteiger partial charge on any atom is 0.0107 e. The molecular formula is C16H41N7. The van der Waals surface area contributed by atoms with Crippen molar-refractivity contribution in [1.29, 1.82) is 0 Å². The normalized spacial score (nSPS) is 11.7. The quantitative estimate of drug-likeness (QED) is 0.195. The van der Waals surface area contributed by atoms with Gasteiger partial charge in [-0.3, -0.25) is 0 Å². The smallest absolute Gasteiger partial charge is 0.0107 e. The summed E-state index contributed by atoms with van der Waals surface area (Å²) >= 11 is 0. The molecule has 7 heteroatoms. The van der Waals surface area contributed by atoms with Crippen LogP contribution in [0.15, 0.2) is 0 Å². The first-order valence-electron chi connectivity index (χ1n) is 9.24. The Balaban J connectivity index is 3.81. The van der Waals surface area contributed by atoms with E-state index in [4.69, 9.17) is 22.9 Å². The van der Waals surface area contributed by atoms with Gasteiger partial charge in [-0.25, -0.2) is 0 Å². The maximum absolute atomic E-state index is 5.60. The summed E-state index contributed by atoms with van der Waals surface area (Å²) in [5.74, 6) is 0. The third-order valence-electron chi connectivity index (χ3n) is 3.92. The fraction of sp³-hybridized carbons (Fsp3) is 1.00. The molecule has 0 fully saturated rings. The molecule has 0 aromatic heterocycles. The van der Waals surface area contributed by atoms with Gasteiger partial charge in [-0.05, 0) is 78.0 Å². The van der Waals surface area contributed by atoms with Crippen LogP contribution in [-0.2, 0) is 0 Å². The first-order chi connectivity index (χ1) is 11.3. The second kappa shape index (κ2) is 18.1. The Morgan fingerprint density at radius 3 is 1.04 bits per heavy atom. The average Bonchev–Trinajstić information content (AvgIpc) is 2.57. The number of hydrogen-bond donors (Lipinski definition) is 5. The molecule has 0 aliphatic carbocycles. The number of hydrogen-bond acceptors (Lipinski definition) is 7. The summed E-state index contributed by atoms with van der Waals surface area (Å²) in [7, 11) is 0. The molecule has 0 bridgehead atoms. The minimum Gasteiger partial charge on any atom is -0.330 e. The third kappa shape index (κ3) is 15.0. The van der Waals surface area contributed by atoms with Gasteiger partial charge in [0.25, 0.3) is 0 Å². The number of rotatable bonds is 18. The van der Waals surface area contributed by atoms with Crippen molar-refractivity contribution in [2.24, 2.45) is 22.9 Å². The van der Waals surface area contributed by atoms with Crippen LogP contribution in [0.5, 0.6) is 0 Å². The lowest BCUT2D eigenvalue weighted by molar-refractivity contribution is 0.253. The Bertz CT molecular complexity index is 190. The molecule has 0 saturated carbocycles. The summed E-state index contributed by atoms with van der Waals surface area (Å²) in [6, 6.07) is 0. The Morgan fingerprint density at radius 1 is 0.478 bits per heavy atom. The van der Waals surface area contributed by atoms with Crippen molar-refractivity contribution in [3.63, 3.8) is 0 Å². The first-order valence-corrected chi connectivity index (χ1v) is 9.24. The van der Waals surface area contributed by atoms with Crippen LogP contribution in [0.1, 0.15) is 25.7 Å². The molecule has 0 amide bonds. The lowest BCUT2D eigenvalue weighted by Gasteiger charge is -2.24. The Morgan fingerprint density at radius 2 is 0.783 bits per heavy atom. The first kappa shape index (κ1) is 22.7. The molecule has 0 saturated heterocycles. The van der Waals surface area contributed by atoms with E-state index in [1.807, 2.05) is 0 Å². The van der Waals surface area contributed by atoms with Crippen molar-refractivity contribution in [3.8, 4) is 0 Å². The van der Waals surface area contributed by atoms with Crippen LogP contribution in [0.3, 0.4) is 0 Å². The highest BCUT2D eigenvalue weighted by Gasteiger charge is 2.05. The zero-order chi connectivity index (χ0) is 17.2. The molecule has 0 atom stereocenters. The van der Waals surface area contributed by atoms with Crippen LogP contribution < -0.4 is 28.3 Å². The van der Waals surface area contributed by atoms with Crippen molar-refractivity contribution < 1.29 is 0 Å². The highest BCUT2D eigenvalue weighted by Crippen LogP contribution is 1.94. The zero-order valence-corrected chi connectivity index (χ0v) is 15.0. The molecule has 0 unspecified atom stereocenters. The van der Waals surface area contributed by atoms with Crippen molar-refractivity contribution in [2.75, 3.05) is 78.5 Å². The molecule has 0 spiro atoms. The van der Waals surface area contributed by atoms with E-state index in [1.54, 1.807) is 0 Å². The van der Waals surface area contributed by atoms with Gasteiger partial charge in [-0.1, -0.05) is 0 Å². The second-order valence-corrected chi connectivity index (χ2v) is 6.00. The SMILES string of the molecule is NCCCN(CCCN)CCNCCN(CCCN)CCCN. The predicted molar refractivity (Wildman–Crippen MR) is 100 cm³/mol. The van der Waals surface area contributed by atoms with Crippen molar-refractivity contribution >= 4 is 0 Å². The maximum atomic E-state index is 5.60. The van der Waals surface area contributed by atoms with E-state index in [2.05, 4.69) is 15.1 Å². The molecule has 0 aliphatic rings. The highest BCUT2D eigenvalue weighted by atomic mass is 15.2. The number of nitrogens with two attached hydrogens (primary N) is 4. The lowest BCUT2D eigenvalue weighted by Crippen LogP contribution is -2.39. The lowest BCUT2D eigenvalue weighted by atomic mass is 10.3. The van der Waals surface area contributed by atoms with E-state index in [1.165, 1.54) is 0 Å². The molecule has 9 N–H and O–H groups in total. The van der Waals surface area contributed by atoms with Crippen molar-refractivity contribution in [3.05, 3.63) is 0 Å². The van der Waals surface area contributed by atoms with Gasteiger partial charge in [0.15, 0.2) is 0 Å². The van der Waals surface area contributed by atoms with Gasteiger partial charge in [0, 0.05) is 26.2 Å². The van der Waals surface area contributed by atoms with Crippen LogP contribution in [0.2, 0.25) is 0 Å². The van der Waals surface area contributed by atoms with E-state index in [0.29, 0.717) is 0 Å². The minimum atomic E-state index is 0.754. The average molecular weight is 332 g/mol. The standard InChI is InChI=1S/C16H41N7/c17-5-1-11-22(12-2-6-18)15-9-21-10-16-23(13-3-7-19)14-4-8-20/h21H,1-20H2. The van der Waals surface area contributed by atoms with Gasteiger partial charge in [0.2, 0.25) is 0 Å². The molecule has 0 aromatic rings. The number of nitrogens with zero attached hydrogens (tertiary/aromatic N) is 2. The van der Waals surface area contributed by atoms with E-state index in [9.17, 15) is 0 Å². The largest absolute Gasteiger partial charge is 0.330 e. The summed E-state index contributed by atoms with van der Waals surface area (Å²) in [5.41, 5.74) is 22.4. The summed E-state index contributed by atoms with van der Waals surface area (Å²) in [5, 5.41) is 3.54. The molecular weight excluding hydrogens is 290 g/mol. The Labute approximate surface area is 143 Å². The highest BCUT2D eigenvalue weighted by molar-refractivity contribution is 4.64. The van der Waals surface area contributed by atoms with E-state index in [-0.39, 0.29) is 0 Å². The van der Waals surface area contributed by atoms with Gasteiger partial charge >= 0.3 is 0 Å². The molecule has 0 heterocycles. The minimum absolute atomic E-state index is 0.754. The number of nitrogens with one attached hydrogen (secondary N) is 1. The van der Waals surface area contributed by atoms with Gasteiger partial charge < -0.3 is 38.1 Å². The summed E-state index contributed by atoms with van der Waals surface area (Å²) < 4.78 is 0. The fourth-order valence-electron chi connectivity index (χ4n) is 2.53. The topological polar surface area (TPSA) is 123 Å². The van der Waals surface area contributed by atoms with Crippen LogP contribution in [0.4, 0.5) is 0 Å². The summed E-state index contributed by atoms with van der Waals surface area (Å²) in [6.07, 6.45) is 4.21. The third-order valence-corrected chi connectivity index (χ3v) is 3.92. The molecule has 7 nitrogen and oxygen atoms in total. The van der Waals surface area contributed by atoms with Crippen molar-refractivity contribution in [2.45, 2.75) is 25.7 Å². The Hall–Kier alpha value is -0.280. The van der Waals surface area contributed by atoms with E-state index in [0.717, 1.165) is 104 Å². The molecule has 0 aliphatic heterocycles. The van der Waals surface area contributed by atoms with E-state index >= 15 is 0 Å². The van der Waals surface area contributed by atoms with Crippen LogP contribution >= 0.6 is 0 Å². The second-order valence-electron chi connectivity index (χ2n) is 6.00. The van der Waals surface area contributed by atoms with Gasteiger partial charge in [-0.2, -0.15) is 0 Å². The predicted octanol–water partition coefficient (Wildman–Crippen LogP) is -1.42. The molecule has 0 aromatic carbocycles. The van der Waals surface area contributed by atoms with Gasteiger partial charge in [0.05, 0.1) is 0 Å². The van der Waals surface area contributed by atoms with Gasteiger partial charge in [0.1, 0.15) is 0 Å². The molecule has 0 rings (SSSR count). The van der Waals surface area contributed by atoms with Crippen molar-refractivity contribution in [1.82, 2.24) is 15.1 Å². The van der Waals surface area contributed by atoms with Crippen LogP contribution in [0, 0.1) is 0 Å².